The number of nitrogens with two attached hydrogens (primary N) is 1. The summed E-state index contributed by atoms with van der Waals surface area (Å²) in [4.78, 5) is 15.0. The molecule has 35 heavy (non-hydrogen) atoms. The molecule has 1 fully saturated rings. The Kier molecular flexibility index (Phi) is 8.20. The second-order valence-corrected chi connectivity index (χ2v) is 10.8. The predicted octanol–water partition coefficient (Wildman–Crippen LogP) is 3.59. The van der Waals surface area contributed by atoms with Crippen molar-refractivity contribution in [2.45, 2.75) is 24.0 Å². The Hall–Kier alpha value is -2.75. The van der Waals surface area contributed by atoms with Gasteiger partial charge in [-0.05, 0) is 41.0 Å². The largest absolute Gasteiger partial charge is 0.379 e. The lowest BCUT2D eigenvalue weighted by Gasteiger charge is -2.29. The molecular formula is C26H28ClN3O4S. The first-order valence-corrected chi connectivity index (χ1v) is 13.2. The first kappa shape index (κ1) is 25.3. The van der Waals surface area contributed by atoms with Crippen LogP contribution in [0.3, 0.4) is 0 Å². The summed E-state index contributed by atoms with van der Waals surface area (Å²) in [5, 5.41) is 0.417. The van der Waals surface area contributed by atoms with Crippen molar-refractivity contribution in [3.05, 3.63) is 101 Å². The van der Waals surface area contributed by atoms with Gasteiger partial charge in [-0.25, -0.2) is 8.42 Å². The van der Waals surface area contributed by atoms with Crippen LogP contribution in [-0.4, -0.2) is 49.8 Å². The van der Waals surface area contributed by atoms with Crippen LogP contribution in [0.1, 0.15) is 22.7 Å². The fraction of sp³-hybridized carbons (Fsp3) is 0.269. The molecule has 9 heteroatoms. The first-order chi connectivity index (χ1) is 16.8. The number of ether oxygens (including phenoxy) is 1. The van der Waals surface area contributed by atoms with E-state index in [0.29, 0.717) is 10.6 Å². The van der Waals surface area contributed by atoms with Gasteiger partial charge in [0.2, 0.25) is 15.9 Å². The summed E-state index contributed by atoms with van der Waals surface area (Å²) in [5.74, 6) is -0.752. The molecule has 0 aromatic heterocycles. The summed E-state index contributed by atoms with van der Waals surface area (Å²) in [6.07, 6.45) is 0. The fourth-order valence-corrected chi connectivity index (χ4v) is 5.81. The van der Waals surface area contributed by atoms with Crippen molar-refractivity contribution in [2.75, 3.05) is 26.3 Å². The van der Waals surface area contributed by atoms with Crippen LogP contribution < -0.4 is 5.73 Å². The van der Waals surface area contributed by atoms with Gasteiger partial charge in [0.15, 0.2) is 0 Å². The lowest BCUT2D eigenvalue weighted by Crippen LogP contribution is -2.41. The van der Waals surface area contributed by atoms with E-state index >= 15 is 0 Å². The molecule has 7 nitrogen and oxygen atoms in total. The van der Waals surface area contributed by atoms with E-state index in [2.05, 4.69) is 4.90 Å². The molecule has 1 atom stereocenters. The van der Waals surface area contributed by atoms with E-state index in [1.54, 1.807) is 30.3 Å². The minimum atomic E-state index is -4.09. The number of benzene rings is 3. The smallest absolute Gasteiger partial charge is 0.244 e. The number of nitrogens with zero attached hydrogens (tertiary/aromatic N) is 2. The molecule has 0 unspecified atom stereocenters. The molecule has 0 spiro atoms. The molecular weight excluding hydrogens is 486 g/mol. The third-order valence-corrected chi connectivity index (χ3v) is 8.04. The van der Waals surface area contributed by atoms with Crippen molar-refractivity contribution in [2.24, 2.45) is 5.73 Å². The number of hydrogen-bond acceptors (Lipinski definition) is 5. The number of rotatable bonds is 9. The van der Waals surface area contributed by atoms with E-state index in [-0.39, 0.29) is 11.4 Å². The third-order valence-electron chi connectivity index (χ3n) is 5.96. The highest BCUT2D eigenvalue weighted by atomic mass is 35.5. The van der Waals surface area contributed by atoms with Gasteiger partial charge in [0.1, 0.15) is 6.04 Å². The average molecular weight is 514 g/mol. The molecule has 3 aromatic carbocycles. The maximum absolute atomic E-state index is 13.8. The van der Waals surface area contributed by atoms with Crippen molar-refractivity contribution >= 4 is 27.5 Å². The van der Waals surface area contributed by atoms with Crippen LogP contribution in [0.5, 0.6) is 0 Å². The van der Waals surface area contributed by atoms with Gasteiger partial charge in [-0.15, -0.1) is 0 Å². The van der Waals surface area contributed by atoms with Gasteiger partial charge >= 0.3 is 0 Å². The maximum atomic E-state index is 13.8. The standard InChI is InChI=1S/C26H28ClN3O4S/c27-23-10-12-24(13-11-23)35(32,33)30(25(26(28)31)22-4-2-1-3-5-22)19-21-8-6-20(7-9-21)18-29-14-16-34-17-15-29/h1-13,25H,14-19H2,(H2,28,31)/t25-/m1/s1. The van der Waals surface area contributed by atoms with Gasteiger partial charge in [0, 0.05) is 31.2 Å². The maximum Gasteiger partial charge on any atom is 0.244 e. The molecule has 0 saturated carbocycles. The Labute approximate surface area is 211 Å². The van der Waals surface area contributed by atoms with Crippen LogP contribution in [0.15, 0.2) is 83.8 Å². The molecule has 1 aliphatic heterocycles. The lowest BCUT2D eigenvalue weighted by atomic mass is 10.1. The molecule has 0 radical (unpaired) electrons. The molecule has 2 N–H and O–H groups in total. The summed E-state index contributed by atoms with van der Waals surface area (Å²) in [5.41, 5.74) is 8.14. The molecule has 4 rings (SSSR count). The number of halogens is 1. The zero-order chi connectivity index (χ0) is 24.8. The van der Waals surface area contributed by atoms with E-state index in [0.717, 1.165) is 48.3 Å². The Morgan fingerprint density at radius 3 is 2.14 bits per heavy atom. The highest BCUT2D eigenvalue weighted by Crippen LogP contribution is 2.30. The quantitative estimate of drug-likeness (QED) is 0.472. The van der Waals surface area contributed by atoms with Gasteiger partial charge in [-0.2, -0.15) is 4.31 Å². The number of carbonyl (C=O) groups is 1. The van der Waals surface area contributed by atoms with Crippen LogP contribution in [0.25, 0.3) is 0 Å². The zero-order valence-corrected chi connectivity index (χ0v) is 20.8. The first-order valence-electron chi connectivity index (χ1n) is 11.3. The number of amides is 1. The van der Waals surface area contributed by atoms with Gasteiger partial charge in [0.25, 0.3) is 0 Å². The van der Waals surface area contributed by atoms with Crippen molar-refractivity contribution < 1.29 is 17.9 Å². The van der Waals surface area contributed by atoms with E-state index in [4.69, 9.17) is 22.1 Å². The molecule has 0 bridgehead atoms. The Balaban J connectivity index is 1.66. The molecule has 1 amide bonds. The summed E-state index contributed by atoms with van der Waals surface area (Å²) in [7, 11) is -4.09. The second kappa shape index (κ2) is 11.3. The summed E-state index contributed by atoms with van der Waals surface area (Å²) < 4.78 is 34.1. The average Bonchev–Trinajstić information content (AvgIpc) is 2.86. The van der Waals surface area contributed by atoms with Crippen LogP contribution in [0.4, 0.5) is 0 Å². The molecule has 1 heterocycles. The molecule has 0 aliphatic carbocycles. The van der Waals surface area contributed by atoms with Crippen molar-refractivity contribution in [1.29, 1.82) is 0 Å². The van der Waals surface area contributed by atoms with Crippen LogP contribution >= 0.6 is 11.6 Å². The number of primary amides is 1. The zero-order valence-electron chi connectivity index (χ0n) is 19.2. The molecule has 3 aromatic rings. The number of sulfonamides is 1. The van der Waals surface area contributed by atoms with Gasteiger partial charge in [0.05, 0.1) is 18.1 Å². The molecule has 184 valence electrons. The minimum Gasteiger partial charge on any atom is -0.379 e. The molecule has 1 aliphatic rings. The van der Waals surface area contributed by atoms with Crippen LogP contribution in [0.2, 0.25) is 5.02 Å². The third kappa shape index (κ3) is 6.28. The highest BCUT2D eigenvalue weighted by molar-refractivity contribution is 7.89. The van der Waals surface area contributed by atoms with Crippen molar-refractivity contribution in [3.63, 3.8) is 0 Å². The van der Waals surface area contributed by atoms with Gasteiger partial charge in [-0.3, -0.25) is 9.69 Å². The Bertz CT molecular complexity index is 1230. The van der Waals surface area contributed by atoms with Crippen molar-refractivity contribution in [1.82, 2.24) is 9.21 Å². The second-order valence-electron chi connectivity index (χ2n) is 8.42. The van der Waals surface area contributed by atoms with Crippen molar-refractivity contribution in [3.8, 4) is 0 Å². The number of carbonyl (C=O) groups excluding carboxylic acids is 1. The highest BCUT2D eigenvalue weighted by Gasteiger charge is 2.36. The summed E-state index contributed by atoms with van der Waals surface area (Å²) in [6, 6.07) is 21.2. The summed E-state index contributed by atoms with van der Waals surface area (Å²) in [6.45, 7) is 3.99. The van der Waals surface area contributed by atoms with E-state index in [9.17, 15) is 13.2 Å². The van der Waals surface area contributed by atoms with E-state index in [1.165, 1.54) is 24.3 Å². The van der Waals surface area contributed by atoms with Gasteiger partial charge in [-0.1, -0.05) is 66.2 Å². The predicted molar refractivity (Wildman–Crippen MR) is 135 cm³/mol. The number of morpholine rings is 1. The normalized spacial score (nSPS) is 15.7. The topological polar surface area (TPSA) is 92.9 Å². The minimum absolute atomic E-state index is 0.0225. The van der Waals surface area contributed by atoms with E-state index in [1.807, 2.05) is 24.3 Å². The van der Waals surface area contributed by atoms with Crippen LogP contribution in [0, 0.1) is 0 Å². The SMILES string of the molecule is NC(=O)[C@@H](c1ccccc1)N(Cc1ccc(CN2CCOCC2)cc1)S(=O)(=O)c1ccc(Cl)cc1. The Morgan fingerprint density at radius 2 is 1.54 bits per heavy atom. The molecule has 1 saturated heterocycles. The Morgan fingerprint density at radius 1 is 0.943 bits per heavy atom. The van der Waals surface area contributed by atoms with Gasteiger partial charge < -0.3 is 10.5 Å². The van der Waals surface area contributed by atoms with E-state index < -0.39 is 22.0 Å². The summed E-state index contributed by atoms with van der Waals surface area (Å²) >= 11 is 5.97. The number of hydrogen-bond donors (Lipinski definition) is 1. The van der Waals surface area contributed by atoms with Crippen LogP contribution in [-0.2, 0) is 32.6 Å². The lowest BCUT2D eigenvalue weighted by molar-refractivity contribution is -0.122. The monoisotopic (exact) mass is 513 g/mol. The fourth-order valence-electron chi connectivity index (χ4n) is 4.11.